The number of hydrogen-bond donors (Lipinski definition) is 1. The molecule has 0 bridgehead atoms. The van der Waals surface area contributed by atoms with E-state index in [2.05, 4.69) is 42.3 Å². The van der Waals surface area contributed by atoms with Crippen molar-refractivity contribution in [2.24, 2.45) is 0 Å². The quantitative estimate of drug-likeness (QED) is 0.869. The Bertz CT molecular complexity index is 452. The van der Waals surface area contributed by atoms with E-state index in [1.165, 1.54) is 11.3 Å². The predicted molar refractivity (Wildman–Crippen MR) is 75.0 cm³/mol. The first-order chi connectivity index (χ1) is 8.44. The van der Waals surface area contributed by atoms with Gasteiger partial charge in [-0.2, -0.15) is 0 Å². The van der Waals surface area contributed by atoms with Crippen molar-refractivity contribution >= 4 is 11.6 Å². The van der Waals surface area contributed by atoms with Crippen LogP contribution in [0.4, 0.5) is 5.69 Å². The molecule has 3 heteroatoms. The zero-order valence-electron chi connectivity index (χ0n) is 11.7. The number of para-hydroxylation sites is 1. The fourth-order valence-corrected chi connectivity index (χ4v) is 2.54. The Hall–Kier alpha value is -1.51. The molecule has 1 aromatic carbocycles. The van der Waals surface area contributed by atoms with Crippen molar-refractivity contribution in [1.29, 1.82) is 0 Å². The van der Waals surface area contributed by atoms with Gasteiger partial charge in [-0.25, -0.2) is 0 Å². The normalized spacial score (nSPS) is 18.9. The predicted octanol–water partition coefficient (Wildman–Crippen LogP) is 2.52. The maximum Gasteiger partial charge on any atom is 0.245 e. The van der Waals surface area contributed by atoms with Gasteiger partial charge in [0.2, 0.25) is 5.91 Å². The number of nitrogens with one attached hydrogen (secondary N) is 1. The standard InChI is InChI=1S/C15H22N2O/c1-11(2)12-7-5-6-8-13(12)17-10-9-16-14(18)15(17,3)4/h5-8,11H,9-10H2,1-4H3,(H,16,18). The largest absolute Gasteiger partial charge is 0.355 e. The highest BCUT2D eigenvalue weighted by Gasteiger charge is 2.38. The minimum absolute atomic E-state index is 0.104. The third-order valence-electron chi connectivity index (χ3n) is 3.70. The van der Waals surface area contributed by atoms with E-state index < -0.39 is 5.54 Å². The van der Waals surface area contributed by atoms with E-state index in [1.807, 2.05) is 19.9 Å². The van der Waals surface area contributed by atoms with Gasteiger partial charge in [0.1, 0.15) is 5.54 Å². The molecule has 0 spiro atoms. The molecule has 18 heavy (non-hydrogen) atoms. The van der Waals surface area contributed by atoms with E-state index >= 15 is 0 Å². The van der Waals surface area contributed by atoms with Crippen LogP contribution in [0.1, 0.15) is 39.2 Å². The van der Waals surface area contributed by atoms with E-state index in [1.54, 1.807) is 0 Å². The van der Waals surface area contributed by atoms with E-state index in [-0.39, 0.29) is 5.91 Å². The molecule has 0 aromatic heterocycles. The van der Waals surface area contributed by atoms with E-state index in [4.69, 9.17) is 0 Å². The average Bonchev–Trinajstić information content (AvgIpc) is 2.32. The highest BCUT2D eigenvalue weighted by atomic mass is 16.2. The molecule has 1 heterocycles. The number of benzene rings is 1. The molecular weight excluding hydrogens is 224 g/mol. The summed E-state index contributed by atoms with van der Waals surface area (Å²) in [6, 6.07) is 8.39. The zero-order valence-corrected chi connectivity index (χ0v) is 11.7. The summed E-state index contributed by atoms with van der Waals surface area (Å²) in [7, 11) is 0. The minimum atomic E-state index is -0.483. The lowest BCUT2D eigenvalue weighted by Crippen LogP contribution is -2.62. The van der Waals surface area contributed by atoms with Gasteiger partial charge in [0.05, 0.1) is 0 Å². The number of nitrogens with zero attached hydrogens (tertiary/aromatic N) is 1. The molecule has 0 aliphatic carbocycles. The number of rotatable bonds is 2. The summed E-state index contributed by atoms with van der Waals surface area (Å²) in [6.45, 7) is 9.93. The van der Waals surface area contributed by atoms with Crippen molar-refractivity contribution in [2.75, 3.05) is 18.0 Å². The van der Waals surface area contributed by atoms with E-state index in [9.17, 15) is 4.79 Å². The van der Waals surface area contributed by atoms with Gasteiger partial charge in [0.15, 0.2) is 0 Å². The molecule has 1 saturated heterocycles. The second-order valence-electron chi connectivity index (χ2n) is 5.68. The van der Waals surface area contributed by atoms with Gasteiger partial charge >= 0.3 is 0 Å². The number of piperazine rings is 1. The van der Waals surface area contributed by atoms with Crippen LogP contribution in [-0.2, 0) is 4.79 Å². The summed E-state index contributed by atoms with van der Waals surface area (Å²) in [5.41, 5.74) is 2.01. The molecule has 0 unspecified atom stereocenters. The smallest absolute Gasteiger partial charge is 0.245 e. The molecule has 0 atom stereocenters. The lowest BCUT2D eigenvalue weighted by molar-refractivity contribution is -0.126. The number of amides is 1. The lowest BCUT2D eigenvalue weighted by atomic mass is 9.94. The monoisotopic (exact) mass is 246 g/mol. The Morgan fingerprint density at radius 1 is 1.28 bits per heavy atom. The second-order valence-corrected chi connectivity index (χ2v) is 5.68. The average molecular weight is 246 g/mol. The highest BCUT2D eigenvalue weighted by molar-refractivity contribution is 5.90. The third kappa shape index (κ3) is 2.09. The van der Waals surface area contributed by atoms with Crippen LogP contribution in [0.15, 0.2) is 24.3 Å². The van der Waals surface area contributed by atoms with Gasteiger partial charge in [-0.3, -0.25) is 4.79 Å². The number of hydrogen-bond acceptors (Lipinski definition) is 2. The van der Waals surface area contributed by atoms with Gasteiger partial charge in [0, 0.05) is 18.8 Å². The molecule has 98 valence electrons. The molecule has 1 aromatic rings. The molecule has 3 nitrogen and oxygen atoms in total. The number of carbonyl (C=O) groups excluding carboxylic acids is 1. The molecule has 0 saturated carbocycles. The van der Waals surface area contributed by atoms with Crippen molar-refractivity contribution in [3.63, 3.8) is 0 Å². The third-order valence-corrected chi connectivity index (χ3v) is 3.70. The topological polar surface area (TPSA) is 32.3 Å². The summed E-state index contributed by atoms with van der Waals surface area (Å²) in [5, 5.41) is 2.94. The highest BCUT2D eigenvalue weighted by Crippen LogP contribution is 2.32. The minimum Gasteiger partial charge on any atom is -0.355 e. The van der Waals surface area contributed by atoms with E-state index in [0.717, 1.165) is 6.54 Å². The van der Waals surface area contributed by atoms with E-state index in [0.29, 0.717) is 12.5 Å². The van der Waals surface area contributed by atoms with Crippen LogP contribution in [0.25, 0.3) is 0 Å². The Balaban J connectivity index is 2.45. The Morgan fingerprint density at radius 3 is 2.61 bits per heavy atom. The van der Waals surface area contributed by atoms with Crippen molar-refractivity contribution in [2.45, 2.75) is 39.2 Å². The molecule has 1 amide bonds. The van der Waals surface area contributed by atoms with Crippen LogP contribution in [-0.4, -0.2) is 24.5 Å². The molecule has 1 N–H and O–H groups in total. The molecule has 1 fully saturated rings. The first-order valence-corrected chi connectivity index (χ1v) is 6.59. The summed E-state index contributed by atoms with van der Waals surface area (Å²) >= 11 is 0. The summed E-state index contributed by atoms with van der Waals surface area (Å²) < 4.78 is 0. The maximum absolute atomic E-state index is 12.0. The Kier molecular flexibility index (Phi) is 3.33. The van der Waals surface area contributed by atoms with Crippen LogP contribution >= 0.6 is 0 Å². The van der Waals surface area contributed by atoms with Crippen LogP contribution in [0.5, 0.6) is 0 Å². The van der Waals surface area contributed by atoms with Gasteiger partial charge < -0.3 is 10.2 Å². The van der Waals surface area contributed by atoms with Gasteiger partial charge in [-0.15, -0.1) is 0 Å². The zero-order chi connectivity index (χ0) is 13.3. The summed E-state index contributed by atoms with van der Waals surface area (Å²) in [6.07, 6.45) is 0. The molecule has 1 aliphatic heterocycles. The van der Waals surface area contributed by atoms with Crippen LogP contribution in [0, 0.1) is 0 Å². The first-order valence-electron chi connectivity index (χ1n) is 6.59. The SMILES string of the molecule is CC(C)c1ccccc1N1CCNC(=O)C1(C)C. The van der Waals surface area contributed by atoms with Crippen molar-refractivity contribution in [3.05, 3.63) is 29.8 Å². The summed E-state index contributed by atoms with van der Waals surface area (Å²) in [5.74, 6) is 0.564. The number of anilines is 1. The molecule has 2 rings (SSSR count). The fraction of sp³-hybridized carbons (Fsp3) is 0.533. The van der Waals surface area contributed by atoms with Crippen molar-refractivity contribution < 1.29 is 4.79 Å². The van der Waals surface area contributed by atoms with Gasteiger partial charge in [-0.1, -0.05) is 32.0 Å². The Labute approximate surface area is 109 Å². The maximum atomic E-state index is 12.0. The van der Waals surface area contributed by atoms with Gasteiger partial charge in [0.25, 0.3) is 0 Å². The first kappa shape index (κ1) is 12.9. The second kappa shape index (κ2) is 4.63. The van der Waals surface area contributed by atoms with Crippen LogP contribution in [0.2, 0.25) is 0 Å². The van der Waals surface area contributed by atoms with Gasteiger partial charge in [-0.05, 0) is 31.4 Å². The fourth-order valence-electron chi connectivity index (χ4n) is 2.54. The Morgan fingerprint density at radius 2 is 1.94 bits per heavy atom. The van der Waals surface area contributed by atoms with Crippen LogP contribution < -0.4 is 10.2 Å². The molecule has 1 aliphatic rings. The van der Waals surface area contributed by atoms with Crippen LogP contribution in [0.3, 0.4) is 0 Å². The van der Waals surface area contributed by atoms with Crippen molar-refractivity contribution in [3.8, 4) is 0 Å². The number of carbonyl (C=O) groups is 1. The lowest BCUT2D eigenvalue weighted by Gasteiger charge is -2.44. The van der Waals surface area contributed by atoms with Crippen molar-refractivity contribution in [1.82, 2.24) is 5.32 Å². The molecule has 0 radical (unpaired) electrons. The molecular formula is C15H22N2O. The summed E-state index contributed by atoms with van der Waals surface area (Å²) in [4.78, 5) is 14.3.